The van der Waals surface area contributed by atoms with Gasteiger partial charge in [0, 0.05) is 5.57 Å². The second-order valence-corrected chi connectivity index (χ2v) is 3.55. The van der Waals surface area contributed by atoms with Crippen molar-refractivity contribution >= 4 is 12.4 Å². The highest BCUT2D eigenvalue weighted by atomic mass is 16.5. The summed E-state index contributed by atoms with van der Waals surface area (Å²) in [6.45, 7) is 4.98. The highest BCUT2D eigenvalue weighted by molar-refractivity contribution is 5.87. The lowest BCUT2D eigenvalue weighted by atomic mass is 9.98. The zero-order valence-corrected chi connectivity index (χ0v) is 9.07. The molecule has 1 saturated carbocycles. The summed E-state index contributed by atoms with van der Waals surface area (Å²) in [5, 5.41) is 6.89. The Morgan fingerprint density at radius 2 is 1.87 bits per heavy atom. The van der Waals surface area contributed by atoms with Crippen molar-refractivity contribution in [1.29, 1.82) is 0 Å². The molecule has 0 radical (unpaired) electrons. The monoisotopic (exact) mass is 214 g/mol. The Hall–Kier alpha value is -1.32. The summed E-state index contributed by atoms with van der Waals surface area (Å²) in [4.78, 5) is 19.5. The van der Waals surface area contributed by atoms with Crippen LogP contribution in [0, 0.1) is 0 Å². The number of rotatable bonds is 2. The maximum absolute atomic E-state index is 11.1. The van der Waals surface area contributed by atoms with Crippen molar-refractivity contribution in [2.45, 2.75) is 45.1 Å². The lowest BCUT2D eigenvalue weighted by Crippen LogP contribution is -2.20. The van der Waals surface area contributed by atoms with Gasteiger partial charge >= 0.3 is 5.97 Å². The van der Waals surface area contributed by atoms with Crippen LogP contribution >= 0.6 is 0 Å². The summed E-state index contributed by atoms with van der Waals surface area (Å²) < 4.78 is 5.21. The van der Waals surface area contributed by atoms with E-state index in [9.17, 15) is 4.79 Å². The Bertz CT molecular complexity index is 217. The molecule has 0 spiro atoms. The first-order valence-corrected chi connectivity index (χ1v) is 5.06. The maximum Gasteiger partial charge on any atom is 0.333 e. The Labute approximate surface area is 89.9 Å². The van der Waals surface area contributed by atoms with E-state index in [4.69, 9.17) is 14.6 Å². The van der Waals surface area contributed by atoms with Gasteiger partial charge in [0.2, 0.25) is 0 Å². The molecule has 0 aromatic heterocycles. The predicted octanol–water partition coefficient (Wildman–Crippen LogP) is 2.14. The Kier molecular flexibility index (Phi) is 7.32. The second kappa shape index (κ2) is 8.03. The minimum Gasteiger partial charge on any atom is -0.483 e. The SMILES string of the molecule is C=C(C)C(=O)OC1CCCCC1.O=CO. The van der Waals surface area contributed by atoms with Crippen LogP contribution < -0.4 is 0 Å². The average Bonchev–Trinajstić information content (AvgIpc) is 2.20. The van der Waals surface area contributed by atoms with Crippen molar-refractivity contribution < 1.29 is 19.4 Å². The van der Waals surface area contributed by atoms with Gasteiger partial charge in [-0.05, 0) is 32.6 Å². The van der Waals surface area contributed by atoms with Crippen LogP contribution in [0.3, 0.4) is 0 Å². The first-order valence-electron chi connectivity index (χ1n) is 5.06. The maximum atomic E-state index is 11.1. The third-order valence-electron chi connectivity index (χ3n) is 2.17. The van der Waals surface area contributed by atoms with Gasteiger partial charge in [-0.25, -0.2) is 4.79 Å². The lowest BCUT2D eigenvalue weighted by Gasteiger charge is -2.21. The Morgan fingerprint density at radius 1 is 1.40 bits per heavy atom. The summed E-state index contributed by atoms with van der Waals surface area (Å²) >= 11 is 0. The summed E-state index contributed by atoms with van der Waals surface area (Å²) in [6, 6.07) is 0. The molecule has 1 aliphatic carbocycles. The predicted molar refractivity (Wildman–Crippen MR) is 56.5 cm³/mol. The van der Waals surface area contributed by atoms with E-state index in [1.54, 1.807) is 6.92 Å². The molecule has 0 aromatic carbocycles. The normalized spacial score (nSPS) is 15.8. The summed E-state index contributed by atoms with van der Waals surface area (Å²) in [7, 11) is 0. The summed E-state index contributed by atoms with van der Waals surface area (Å²) in [6.07, 6.45) is 5.87. The molecule has 0 saturated heterocycles. The van der Waals surface area contributed by atoms with Crippen LogP contribution in [0.4, 0.5) is 0 Å². The second-order valence-electron chi connectivity index (χ2n) is 3.55. The van der Waals surface area contributed by atoms with Crippen molar-refractivity contribution in [1.82, 2.24) is 0 Å². The molecule has 1 N–H and O–H groups in total. The molecule has 0 aromatic rings. The first-order chi connectivity index (χ1) is 7.11. The fraction of sp³-hybridized carbons (Fsp3) is 0.636. The number of carbonyl (C=O) groups excluding carboxylic acids is 1. The van der Waals surface area contributed by atoms with E-state index in [1.165, 1.54) is 19.3 Å². The quantitative estimate of drug-likeness (QED) is 0.434. The van der Waals surface area contributed by atoms with Gasteiger partial charge in [-0.1, -0.05) is 13.0 Å². The highest BCUT2D eigenvalue weighted by Crippen LogP contribution is 2.20. The minimum absolute atomic E-state index is 0.156. The van der Waals surface area contributed by atoms with Gasteiger partial charge in [-0.2, -0.15) is 0 Å². The van der Waals surface area contributed by atoms with Crippen LogP contribution in [0.25, 0.3) is 0 Å². The van der Waals surface area contributed by atoms with Crippen LogP contribution in [-0.4, -0.2) is 23.7 Å². The van der Waals surface area contributed by atoms with Gasteiger partial charge in [-0.3, -0.25) is 4.79 Å². The summed E-state index contributed by atoms with van der Waals surface area (Å²) in [5.41, 5.74) is 0.501. The number of carboxylic acid groups (broad SMARTS) is 1. The topological polar surface area (TPSA) is 63.6 Å². The van der Waals surface area contributed by atoms with Gasteiger partial charge in [0.05, 0.1) is 0 Å². The molecular weight excluding hydrogens is 196 g/mol. The number of esters is 1. The molecule has 0 unspecified atom stereocenters. The molecule has 4 heteroatoms. The molecule has 0 aliphatic heterocycles. The van der Waals surface area contributed by atoms with E-state index >= 15 is 0 Å². The summed E-state index contributed by atoms with van der Waals surface area (Å²) in [5.74, 6) is -0.234. The first kappa shape index (κ1) is 13.7. The molecule has 1 fully saturated rings. The third kappa shape index (κ3) is 6.71. The molecule has 0 heterocycles. The van der Waals surface area contributed by atoms with E-state index < -0.39 is 0 Å². The van der Waals surface area contributed by atoms with E-state index in [0.717, 1.165) is 12.8 Å². The van der Waals surface area contributed by atoms with E-state index in [0.29, 0.717) is 5.57 Å². The molecule has 0 amide bonds. The fourth-order valence-electron chi connectivity index (χ4n) is 1.43. The lowest BCUT2D eigenvalue weighted by molar-refractivity contribution is -0.145. The number of ether oxygens (including phenoxy) is 1. The largest absolute Gasteiger partial charge is 0.483 e. The number of hydrogen-bond donors (Lipinski definition) is 1. The Morgan fingerprint density at radius 3 is 2.27 bits per heavy atom. The van der Waals surface area contributed by atoms with Crippen molar-refractivity contribution in [3.8, 4) is 0 Å². The van der Waals surface area contributed by atoms with Gasteiger partial charge in [-0.15, -0.1) is 0 Å². The van der Waals surface area contributed by atoms with Crippen LogP contribution in [0.15, 0.2) is 12.2 Å². The van der Waals surface area contributed by atoms with Crippen molar-refractivity contribution in [3.05, 3.63) is 12.2 Å². The van der Waals surface area contributed by atoms with Crippen molar-refractivity contribution in [3.63, 3.8) is 0 Å². The molecule has 0 atom stereocenters. The number of carbonyl (C=O) groups is 2. The molecule has 0 bridgehead atoms. The van der Waals surface area contributed by atoms with Crippen molar-refractivity contribution in [2.75, 3.05) is 0 Å². The zero-order valence-electron chi connectivity index (χ0n) is 9.07. The highest BCUT2D eigenvalue weighted by Gasteiger charge is 2.17. The van der Waals surface area contributed by atoms with Crippen LogP contribution in [0.2, 0.25) is 0 Å². The standard InChI is InChI=1S/C10H16O2.CH2O2/c1-8(2)10(11)12-9-6-4-3-5-7-9;2-1-3/h9H,1,3-7H2,2H3;1H,(H,2,3). The van der Waals surface area contributed by atoms with E-state index in [-0.39, 0.29) is 18.5 Å². The molecule has 15 heavy (non-hydrogen) atoms. The van der Waals surface area contributed by atoms with Crippen LogP contribution in [0.5, 0.6) is 0 Å². The Balaban J connectivity index is 0.000000583. The molecular formula is C11H18O4. The van der Waals surface area contributed by atoms with Crippen molar-refractivity contribution in [2.24, 2.45) is 0 Å². The molecule has 1 rings (SSSR count). The van der Waals surface area contributed by atoms with Gasteiger partial charge < -0.3 is 9.84 Å². The van der Waals surface area contributed by atoms with Gasteiger partial charge in [0.25, 0.3) is 6.47 Å². The minimum atomic E-state index is -0.250. The van der Waals surface area contributed by atoms with E-state index in [2.05, 4.69) is 6.58 Å². The van der Waals surface area contributed by atoms with Crippen LogP contribution in [-0.2, 0) is 14.3 Å². The smallest absolute Gasteiger partial charge is 0.333 e. The number of hydrogen-bond acceptors (Lipinski definition) is 3. The third-order valence-corrected chi connectivity index (χ3v) is 2.17. The van der Waals surface area contributed by atoms with Gasteiger partial charge in [0.1, 0.15) is 6.10 Å². The molecule has 1 aliphatic rings. The van der Waals surface area contributed by atoms with Crippen LogP contribution in [0.1, 0.15) is 39.0 Å². The van der Waals surface area contributed by atoms with E-state index in [1.807, 2.05) is 0 Å². The molecule has 86 valence electrons. The zero-order chi connectivity index (χ0) is 11.7. The average molecular weight is 214 g/mol. The fourth-order valence-corrected chi connectivity index (χ4v) is 1.43. The molecule has 4 nitrogen and oxygen atoms in total. The van der Waals surface area contributed by atoms with Gasteiger partial charge in [0.15, 0.2) is 0 Å².